The molecule has 1 aromatic carbocycles. The molecule has 1 N–H and O–H groups in total. The summed E-state index contributed by atoms with van der Waals surface area (Å²) in [5.74, 6) is 0.478. The topological polar surface area (TPSA) is 43.4 Å². The number of alkyl halides is 3. The van der Waals surface area contributed by atoms with E-state index in [-0.39, 0.29) is 0 Å². The fourth-order valence-corrected chi connectivity index (χ4v) is 2.56. The van der Waals surface area contributed by atoms with Gasteiger partial charge in [-0.25, -0.2) is 4.98 Å². The van der Waals surface area contributed by atoms with E-state index in [1.54, 1.807) is 12.3 Å². The molecule has 1 fully saturated rings. The van der Waals surface area contributed by atoms with Crippen molar-refractivity contribution in [3.8, 4) is 0 Å². The van der Waals surface area contributed by atoms with E-state index in [4.69, 9.17) is 9.31 Å². The number of anilines is 2. The summed E-state index contributed by atoms with van der Waals surface area (Å²) in [5.41, 5.74) is -0.520. The van der Waals surface area contributed by atoms with Gasteiger partial charge in [-0.3, -0.25) is 0 Å². The van der Waals surface area contributed by atoms with Gasteiger partial charge in [0.25, 0.3) is 0 Å². The number of hydrogen-bond acceptors (Lipinski definition) is 4. The number of hydrogen-bond donors (Lipinski definition) is 1. The Morgan fingerprint density at radius 1 is 0.962 bits per heavy atom. The highest BCUT2D eigenvalue weighted by Crippen LogP contribution is 2.37. The van der Waals surface area contributed by atoms with Gasteiger partial charge in [-0.05, 0) is 58.0 Å². The van der Waals surface area contributed by atoms with Crippen molar-refractivity contribution in [2.24, 2.45) is 0 Å². The van der Waals surface area contributed by atoms with Crippen molar-refractivity contribution in [1.82, 2.24) is 4.98 Å². The lowest BCUT2D eigenvalue weighted by molar-refractivity contribution is -0.137. The van der Waals surface area contributed by atoms with E-state index < -0.39 is 30.1 Å². The molecule has 4 nitrogen and oxygen atoms in total. The molecule has 26 heavy (non-hydrogen) atoms. The first-order valence-electron chi connectivity index (χ1n) is 8.24. The molecule has 138 valence electrons. The first kappa shape index (κ1) is 18.7. The van der Waals surface area contributed by atoms with Crippen molar-refractivity contribution < 1.29 is 22.5 Å². The predicted molar refractivity (Wildman–Crippen MR) is 94.7 cm³/mol. The quantitative estimate of drug-likeness (QED) is 0.832. The van der Waals surface area contributed by atoms with Crippen molar-refractivity contribution >= 4 is 24.1 Å². The Kier molecular flexibility index (Phi) is 4.52. The van der Waals surface area contributed by atoms with Crippen molar-refractivity contribution in [2.75, 3.05) is 5.32 Å². The lowest BCUT2D eigenvalue weighted by Gasteiger charge is -2.32. The van der Waals surface area contributed by atoms with Gasteiger partial charge in [-0.2, -0.15) is 13.2 Å². The van der Waals surface area contributed by atoms with E-state index in [1.165, 1.54) is 12.1 Å². The molecule has 8 heteroatoms. The molecule has 0 spiro atoms. The van der Waals surface area contributed by atoms with Gasteiger partial charge >= 0.3 is 13.3 Å². The summed E-state index contributed by atoms with van der Waals surface area (Å²) in [6.45, 7) is 7.80. The van der Waals surface area contributed by atoms with Crippen LogP contribution in [0.25, 0.3) is 0 Å². The molecule has 0 saturated carbocycles. The van der Waals surface area contributed by atoms with Gasteiger partial charge in [0.05, 0.1) is 16.8 Å². The van der Waals surface area contributed by atoms with Crippen LogP contribution < -0.4 is 10.8 Å². The highest BCUT2D eigenvalue weighted by molar-refractivity contribution is 6.63. The Labute approximate surface area is 150 Å². The monoisotopic (exact) mass is 364 g/mol. The minimum Gasteiger partial charge on any atom is -0.399 e. The minimum atomic E-state index is -4.36. The van der Waals surface area contributed by atoms with Crippen LogP contribution in [-0.2, 0) is 15.5 Å². The Morgan fingerprint density at radius 2 is 1.54 bits per heavy atom. The molecule has 2 heterocycles. The SMILES string of the molecule is CC1(C)OB(c2cccnc2Nc2ccc(C(F)(F)F)cc2)OC1(C)C. The smallest absolute Gasteiger partial charge is 0.399 e. The predicted octanol–water partition coefficient (Wildman–Crippen LogP) is 4.14. The zero-order valence-corrected chi connectivity index (χ0v) is 15.0. The van der Waals surface area contributed by atoms with Gasteiger partial charge < -0.3 is 14.6 Å². The van der Waals surface area contributed by atoms with Crippen LogP contribution in [0.1, 0.15) is 33.3 Å². The molecule has 1 aliphatic heterocycles. The van der Waals surface area contributed by atoms with Crippen LogP contribution in [-0.4, -0.2) is 23.3 Å². The van der Waals surface area contributed by atoms with E-state index in [1.807, 2.05) is 33.8 Å². The van der Waals surface area contributed by atoms with E-state index in [0.717, 1.165) is 12.1 Å². The third-order valence-electron chi connectivity index (χ3n) is 4.82. The molecule has 1 aromatic heterocycles. The molecule has 3 rings (SSSR count). The summed E-state index contributed by atoms with van der Waals surface area (Å²) in [4.78, 5) is 4.29. The van der Waals surface area contributed by atoms with Crippen molar-refractivity contribution in [3.63, 3.8) is 0 Å². The zero-order valence-electron chi connectivity index (χ0n) is 15.0. The average molecular weight is 364 g/mol. The summed E-state index contributed by atoms with van der Waals surface area (Å²) in [7, 11) is -0.620. The second-order valence-electron chi connectivity index (χ2n) is 7.23. The normalized spacial score (nSPS) is 18.8. The van der Waals surface area contributed by atoms with E-state index in [9.17, 15) is 13.2 Å². The molecular formula is C18H20BF3N2O2. The number of benzene rings is 1. The Hall–Kier alpha value is -2.06. The zero-order chi connectivity index (χ0) is 19.2. The number of nitrogens with zero attached hydrogens (tertiary/aromatic N) is 1. The molecule has 1 aliphatic rings. The second-order valence-corrected chi connectivity index (χ2v) is 7.23. The third-order valence-corrected chi connectivity index (χ3v) is 4.82. The van der Waals surface area contributed by atoms with Gasteiger partial charge in [0.1, 0.15) is 5.82 Å². The van der Waals surface area contributed by atoms with Gasteiger partial charge in [0.15, 0.2) is 0 Å². The number of aromatic nitrogens is 1. The summed E-state index contributed by atoms with van der Waals surface area (Å²) in [5, 5.41) is 3.04. The Bertz CT molecular complexity index is 776. The first-order chi connectivity index (χ1) is 12.0. The van der Waals surface area contributed by atoms with Crippen LogP contribution in [0.15, 0.2) is 42.6 Å². The molecule has 0 radical (unpaired) electrons. The molecule has 1 saturated heterocycles. The van der Waals surface area contributed by atoms with Crippen LogP contribution in [0.5, 0.6) is 0 Å². The Balaban J connectivity index is 1.85. The Morgan fingerprint density at radius 3 is 2.08 bits per heavy atom. The fourth-order valence-electron chi connectivity index (χ4n) is 2.56. The van der Waals surface area contributed by atoms with Crippen LogP contribution >= 0.6 is 0 Å². The second kappa shape index (κ2) is 6.28. The van der Waals surface area contributed by atoms with Crippen molar-refractivity contribution in [1.29, 1.82) is 0 Å². The summed E-state index contributed by atoms with van der Waals surface area (Å²) >= 11 is 0. The van der Waals surface area contributed by atoms with E-state index in [0.29, 0.717) is 17.0 Å². The standard InChI is InChI=1S/C18H20BF3N2O2/c1-16(2)17(3,4)26-19(25-16)14-6-5-11-23-15(14)24-13-9-7-12(8-10-13)18(20,21)22/h5-11H,1-4H3,(H,23,24). The number of nitrogens with one attached hydrogen (secondary N) is 1. The molecule has 0 unspecified atom stereocenters. The van der Waals surface area contributed by atoms with Crippen LogP contribution in [0.3, 0.4) is 0 Å². The van der Waals surface area contributed by atoms with Gasteiger partial charge in [-0.15, -0.1) is 0 Å². The van der Waals surface area contributed by atoms with E-state index in [2.05, 4.69) is 10.3 Å². The lowest BCUT2D eigenvalue weighted by atomic mass is 9.79. The first-order valence-corrected chi connectivity index (χ1v) is 8.24. The highest BCUT2D eigenvalue weighted by Gasteiger charge is 2.52. The maximum absolute atomic E-state index is 12.7. The van der Waals surface area contributed by atoms with Gasteiger partial charge in [0.2, 0.25) is 0 Å². The number of pyridine rings is 1. The fraction of sp³-hybridized carbons (Fsp3) is 0.389. The highest BCUT2D eigenvalue weighted by atomic mass is 19.4. The van der Waals surface area contributed by atoms with Crippen LogP contribution in [0.2, 0.25) is 0 Å². The molecule has 0 atom stereocenters. The molecule has 2 aromatic rings. The third kappa shape index (κ3) is 3.57. The largest absolute Gasteiger partial charge is 0.498 e. The molecular weight excluding hydrogens is 344 g/mol. The van der Waals surface area contributed by atoms with Gasteiger partial charge in [0, 0.05) is 17.3 Å². The van der Waals surface area contributed by atoms with Crippen LogP contribution in [0, 0.1) is 0 Å². The molecule has 0 amide bonds. The molecule has 0 aliphatic carbocycles. The maximum atomic E-state index is 12.7. The summed E-state index contributed by atoms with van der Waals surface area (Å²) in [6.07, 6.45) is -2.77. The van der Waals surface area contributed by atoms with E-state index >= 15 is 0 Å². The van der Waals surface area contributed by atoms with Crippen molar-refractivity contribution in [3.05, 3.63) is 48.2 Å². The average Bonchev–Trinajstić information content (AvgIpc) is 2.75. The maximum Gasteiger partial charge on any atom is 0.498 e. The minimum absolute atomic E-state index is 0.478. The van der Waals surface area contributed by atoms with Gasteiger partial charge in [-0.1, -0.05) is 6.07 Å². The summed E-state index contributed by atoms with van der Waals surface area (Å²) < 4.78 is 50.2. The number of rotatable bonds is 3. The number of halogens is 3. The summed E-state index contributed by atoms with van der Waals surface area (Å²) in [6, 6.07) is 8.37. The lowest BCUT2D eigenvalue weighted by Crippen LogP contribution is -2.41. The van der Waals surface area contributed by atoms with Crippen LogP contribution in [0.4, 0.5) is 24.7 Å². The molecule has 0 bridgehead atoms. The van der Waals surface area contributed by atoms with Crippen molar-refractivity contribution in [2.45, 2.75) is 45.1 Å².